The summed E-state index contributed by atoms with van der Waals surface area (Å²) in [5.74, 6) is 0. The van der Waals surface area contributed by atoms with Crippen LogP contribution >= 0.6 is 32.9 Å². The number of hydrogen-bond acceptors (Lipinski definition) is 0. The molecule has 2 heteroatoms. The molecular weight excluding hydrogens is 184 g/mol. The minimum atomic E-state index is 0. The standard InChI is InChI=1S/C2H3Br.BrH/c1-2-3;/h2H,1H2;1H. The summed E-state index contributed by atoms with van der Waals surface area (Å²) >= 11 is 2.91. The van der Waals surface area contributed by atoms with Gasteiger partial charge in [0.2, 0.25) is 0 Å². The molecule has 0 saturated heterocycles. The fourth-order valence-corrected chi connectivity index (χ4v) is 0. The number of halogens is 2. The van der Waals surface area contributed by atoms with Crippen molar-refractivity contribution in [1.82, 2.24) is 0 Å². The molecule has 0 aliphatic heterocycles. The van der Waals surface area contributed by atoms with Crippen LogP contribution in [0.3, 0.4) is 0 Å². The number of hydrogen-bond donors (Lipinski definition) is 0. The summed E-state index contributed by atoms with van der Waals surface area (Å²) in [6.45, 7) is 3.28. The van der Waals surface area contributed by atoms with E-state index in [-0.39, 0.29) is 17.0 Å². The van der Waals surface area contributed by atoms with E-state index in [0.717, 1.165) is 0 Å². The molecule has 0 bridgehead atoms. The van der Waals surface area contributed by atoms with E-state index in [1.807, 2.05) is 0 Å². The van der Waals surface area contributed by atoms with Gasteiger partial charge in [-0.25, -0.2) is 0 Å². The van der Waals surface area contributed by atoms with E-state index in [2.05, 4.69) is 22.5 Å². The Balaban J connectivity index is 0. The molecule has 0 aromatic carbocycles. The van der Waals surface area contributed by atoms with Crippen LogP contribution in [0.4, 0.5) is 0 Å². The molecule has 0 aromatic heterocycles. The predicted octanol–water partition coefficient (Wildman–Crippen LogP) is 2.10. The Bertz CT molecular complexity index is 11.5. The summed E-state index contributed by atoms with van der Waals surface area (Å²) in [6, 6.07) is 0. The SMILES string of the molecule is Br.C=CBr. The molecule has 26 valence electrons. The Morgan fingerprint density at radius 1 is 1.75 bits per heavy atom. The molecule has 0 spiro atoms. The summed E-state index contributed by atoms with van der Waals surface area (Å²) in [7, 11) is 0. The highest BCUT2D eigenvalue weighted by atomic mass is 79.9. The van der Waals surface area contributed by atoms with Crippen molar-refractivity contribution in [3.8, 4) is 0 Å². The van der Waals surface area contributed by atoms with Gasteiger partial charge in [0.15, 0.2) is 0 Å². The lowest BCUT2D eigenvalue weighted by atomic mass is 11.3. The second-order valence-electron chi connectivity index (χ2n) is 0.154. The maximum atomic E-state index is 3.28. The van der Waals surface area contributed by atoms with Crippen LogP contribution in [0.15, 0.2) is 11.6 Å². The smallest absolute Gasteiger partial charge is 0.0261 e. The van der Waals surface area contributed by atoms with E-state index in [4.69, 9.17) is 0 Å². The van der Waals surface area contributed by atoms with Gasteiger partial charge in [-0.2, -0.15) is 0 Å². The van der Waals surface area contributed by atoms with Crippen LogP contribution in [0.2, 0.25) is 0 Å². The highest BCUT2D eigenvalue weighted by Crippen LogP contribution is 1.68. The molecule has 0 amide bonds. The van der Waals surface area contributed by atoms with Gasteiger partial charge in [-0.3, -0.25) is 0 Å². The molecule has 0 heterocycles. The van der Waals surface area contributed by atoms with Gasteiger partial charge in [-0.15, -0.1) is 17.0 Å². The summed E-state index contributed by atoms with van der Waals surface area (Å²) in [4.78, 5) is 1.56. The van der Waals surface area contributed by atoms with E-state index >= 15 is 0 Å². The maximum Gasteiger partial charge on any atom is -0.0261 e. The molecule has 0 fully saturated rings. The van der Waals surface area contributed by atoms with E-state index in [9.17, 15) is 0 Å². The van der Waals surface area contributed by atoms with E-state index in [0.29, 0.717) is 0 Å². The molecule has 4 heavy (non-hydrogen) atoms. The van der Waals surface area contributed by atoms with Crippen LogP contribution in [0.25, 0.3) is 0 Å². The maximum absolute atomic E-state index is 3.28. The van der Waals surface area contributed by atoms with Gasteiger partial charge in [0.05, 0.1) is 0 Å². The van der Waals surface area contributed by atoms with Gasteiger partial charge in [0.1, 0.15) is 0 Å². The average Bonchev–Trinajstić information content (AvgIpc) is 0.918. The van der Waals surface area contributed by atoms with Crippen LogP contribution in [-0.2, 0) is 0 Å². The Kier molecular flexibility index (Phi) is 20.6. The minimum absolute atomic E-state index is 0. The van der Waals surface area contributed by atoms with Crippen LogP contribution in [-0.4, -0.2) is 0 Å². The molecule has 0 saturated carbocycles. The van der Waals surface area contributed by atoms with Gasteiger partial charge in [-0.1, -0.05) is 22.5 Å². The molecule has 0 rings (SSSR count). The highest BCUT2D eigenvalue weighted by Gasteiger charge is 1.18. The van der Waals surface area contributed by atoms with Crippen molar-refractivity contribution in [2.45, 2.75) is 0 Å². The largest absolute Gasteiger partial charge is 0.114 e. The molecular formula is C2H4Br2. The Labute approximate surface area is 44.8 Å². The average molecular weight is 188 g/mol. The lowest BCUT2D eigenvalue weighted by Crippen LogP contribution is -0.895. The summed E-state index contributed by atoms with van der Waals surface area (Å²) in [5.41, 5.74) is 0. The van der Waals surface area contributed by atoms with Gasteiger partial charge in [0.25, 0.3) is 0 Å². The first-order chi connectivity index (χ1) is 1.41. The van der Waals surface area contributed by atoms with Crippen molar-refractivity contribution >= 4 is 32.9 Å². The van der Waals surface area contributed by atoms with Gasteiger partial charge < -0.3 is 0 Å². The monoisotopic (exact) mass is 186 g/mol. The normalized spacial score (nSPS) is 3.25. The van der Waals surface area contributed by atoms with Crippen molar-refractivity contribution in [3.05, 3.63) is 11.6 Å². The van der Waals surface area contributed by atoms with Crippen molar-refractivity contribution in [1.29, 1.82) is 0 Å². The fourth-order valence-electron chi connectivity index (χ4n) is 0. The fraction of sp³-hybridized carbons (Fsp3) is 0. The molecule has 0 aliphatic rings. The Morgan fingerprint density at radius 2 is 1.75 bits per heavy atom. The topological polar surface area (TPSA) is 0 Å². The zero-order valence-electron chi connectivity index (χ0n) is 2.07. The van der Waals surface area contributed by atoms with E-state index in [1.165, 1.54) is 0 Å². The molecule has 0 unspecified atom stereocenters. The minimum Gasteiger partial charge on any atom is -0.114 e. The molecule has 0 aliphatic carbocycles. The van der Waals surface area contributed by atoms with E-state index in [1.54, 1.807) is 4.99 Å². The first-order valence-electron chi connectivity index (χ1n) is 0.626. The summed E-state index contributed by atoms with van der Waals surface area (Å²) in [6.07, 6.45) is 0. The third-order valence-electron chi connectivity index (χ3n) is 0. The lowest BCUT2D eigenvalue weighted by Gasteiger charge is -1.27. The molecule has 0 aromatic rings. The van der Waals surface area contributed by atoms with Crippen molar-refractivity contribution < 1.29 is 0 Å². The first-order valence-corrected chi connectivity index (χ1v) is 1.54. The predicted molar refractivity (Wildman–Crippen MR) is 29.4 cm³/mol. The van der Waals surface area contributed by atoms with Crippen molar-refractivity contribution in [2.24, 2.45) is 0 Å². The Hall–Kier alpha value is 0.700. The van der Waals surface area contributed by atoms with Gasteiger partial charge in [0, 0.05) is 0 Å². The van der Waals surface area contributed by atoms with Crippen molar-refractivity contribution in [2.75, 3.05) is 0 Å². The third kappa shape index (κ3) is 15.9. The highest BCUT2D eigenvalue weighted by molar-refractivity contribution is 9.11. The summed E-state index contributed by atoms with van der Waals surface area (Å²) < 4.78 is 0. The molecule has 0 nitrogen and oxygen atoms in total. The molecule has 0 radical (unpaired) electrons. The Morgan fingerprint density at radius 3 is 1.75 bits per heavy atom. The zero-order valence-corrected chi connectivity index (χ0v) is 5.37. The third-order valence-corrected chi connectivity index (χ3v) is 0. The van der Waals surface area contributed by atoms with E-state index < -0.39 is 0 Å². The lowest BCUT2D eigenvalue weighted by molar-refractivity contribution is 2.72. The first kappa shape index (κ1) is 8.83. The van der Waals surface area contributed by atoms with Gasteiger partial charge in [-0.05, 0) is 4.99 Å². The van der Waals surface area contributed by atoms with Crippen LogP contribution < -0.4 is 0 Å². The second-order valence-corrected chi connectivity index (χ2v) is 0.802. The number of rotatable bonds is 0. The second kappa shape index (κ2) is 9.33. The van der Waals surface area contributed by atoms with Crippen molar-refractivity contribution in [3.63, 3.8) is 0 Å². The zero-order chi connectivity index (χ0) is 2.71. The quantitative estimate of drug-likeness (QED) is 0.545. The van der Waals surface area contributed by atoms with Gasteiger partial charge >= 0.3 is 0 Å². The van der Waals surface area contributed by atoms with Crippen LogP contribution in [0.1, 0.15) is 0 Å². The summed E-state index contributed by atoms with van der Waals surface area (Å²) in [5, 5.41) is 0. The molecule has 0 N–H and O–H groups in total. The molecule has 0 atom stereocenters. The van der Waals surface area contributed by atoms with Crippen LogP contribution in [0, 0.1) is 0 Å². The van der Waals surface area contributed by atoms with Crippen LogP contribution in [0.5, 0.6) is 0 Å².